The number of benzene rings is 5. The molecule has 15 nitrogen and oxygen atoms in total. The highest BCUT2D eigenvalue weighted by Crippen LogP contribution is 2.25. The molecule has 10 rings (SSSR count). The van der Waals surface area contributed by atoms with Crippen LogP contribution in [-0.2, 0) is 33.0 Å². The number of aryl methyl sites for hydroxylation is 3. The first-order valence-corrected chi connectivity index (χ1v) is 22.8. The summed E-state index contributed by atoms with van der Waals surface area (Å²) in [6, 6.07) is 35.0. The third-order valence-corrected chi connectivity index (χ3v) is 10.2. The number of hydrogen-bond acceptors (Lipinski definition) is 10. The molecule has 0 atom stereocenters. The van der Waals surface area contributed by atoms with Gasteiger partial charge in [-0.15, -0.1) is 0 Å². The number of ether oxygens (including phenoxy) is 5. The van der Waals surface area contributed by atoms with E-state index in [1.165, 1.54) is 6.07 Å². The number of H-pyrrole nitrogens is 5. The largest absolute Gasteiger partial charge is 0.487 e. The van der Waals surface area contributed by atoms with Crippen LogP contribution in [0, 0.1) is 26.6 Å². The molecule has 10 aromatic rings. The minimum Gasteiger partial charge on any atom is -0.487 e. The first kappa shape index (κ1) is 52.0. The molecule has 0 bridgehead atoms. The van der Waals surface area contributed by atoms with Gasteiger partial charge in [0.2, 0.25) is 0 Å². The van der Waals surface area contributed by atoms with Gasteiger partial charge in [-0.05, 0) is 86.0 Å². The number of imidazole rings is 5. The molecule has 18 heteroatoms. The molecule has 366 valence electrons. The van der Waals surface area contributed by atoms with E-state index in [0.29, 0.717) is 42.2 Å². The maximum absolute atomic E-state index is 13.1. The van der Waals surface area contributed by atoms with Crippen molar-refractivity contribution in [3.63, 3.8) is 0 Å². The molecule has 0 amide bonds. The van der Waals surface area contributed by atoms with Crippen molar-refractivity contribution >= 4 is 23.2 Å². The lowest BCUT2D eigenvalue weighted by atomic mass is 10.1. The Balaban J connectivity index is 0.000000145. The summed E-state index contributed by atoms with van der Waals surface area (Å²) in [5, 5.41) is 1.28. The fourth-order valence-electron chi connectivity index (χ4n) is 6.03. The number of nitrogens with zero attached hydrogens (tertiary/aromatic N) is 5. The summed E-state index contributed by atoms with van der Waals surface area (Å²) in [7, 11) is 0. The van der Waals surface area contributed by atoms with Crippen molar-refractivity contribution in [3.8, 4) is 28.7 Å². The topological polar surface area (TPSA) is 190 Å². The third-order valence-electron chi connectivity index (χ3n) is 9.62. The molecule has 71 heavy (non-hydrogen) atoms. The minimum absolute atomic E-state index is 0.246. The first-order chi connectivity index (χ1) is 34.7. The van der Waals surface area contributed by atoms with Gasteiger partial charge < -0.3 is 48.6 Å². The Morgan fingerprint density at radius 3 is 1.27 bits per heavy atom. The zero-order valence-electron chi connectivity index (χ0n) is 39.2. The van der Waals surface area contributed by atoms with Crippen molar-refractivity contribution in [2.75, 3.05) is 0 Å². The van der Waals surface area contributed by atoms with Gasteiger partial charge in [0.15, 0.2) is 11.6 Å². The molecule has 0 saturated carbocycles. The fourth-order valence-corrected chi connectivity index (χ4v) is 6.40. The number of hydrogen-bond donors (Lipinski definition) is 5. The molecule has 0 aliphatic rings. The molecular weight excluding hydrogens is 947 g/mol. The second-order valence-electron chi connectivity index (χ2n) is 15.1. The van der Waals surface area contributed by atoms with Crippen LogP contribution in [0.5, 0.6) is 28.7 Å². The number of halogens is 3. The van der Waals surface area contributed by atoms with E-state index in [4.69, 9.17) is 46.9 Å². The van der Waals surface area contributed by atoms with Gasteiger partial charge in [0.05, 0.1) is 65.1 Å². The molecule has 0 saturated heterocycles. The highest BCUT2D eigenvalue weighted by Gasteiger charge is 2.06. The van der Waals surface area contributed by atoms with Gasteiger partial charge in [0.1, 0.15) is 56.0 Å². The highest BCUT2D eigenvalue weighted by atomic mass is 35.5. The van der Waals surface area contributed by atoms with Gasteiger partial charge in [-0.2, -0.15) is 0 Å². The zero-order chi connectivity index (χ0) is 49.9. The molecular formula is C53H53Cl2FN10O5. The Morgan fingerprint density at radius 1 is 0.408 bits per heavy atom. The number of para-hydroxylation sites is 4. The van der Waals surface area contributed by atoms with Crippen molar-refractivity contribution in [2.24, 2.45) is 0 Å². The van der Waals surface area contributed by atoms with Crippen LogP contribution < -0.4 is 23.7 Å². The maximum atomic E-state index is 13.1. The van der Waals surface area contributed by atoms with Crippen LogP contribution in [0.15, 0.2) is 178 Å². The molecule has 5 N–H and O–H groups in total. The molecule has 0 aliphatic carbocycles. The Bertz CT molecular complexity index is 2770. The van der Waals surface area contributed by atoms with E-state index in [9.17, 15) is 4.39 Å². The Kier molecular flexibility index (Phi) is 21.2. The first-order valence-electron chi connectivity index (χ1n) is 22.1. The van der Waals surface area contributed by atoms with Crippen LogP contribution in [0.1, 0.15) is 45.2 Å². The predicted molar refractivity (Wildman–Crippen MR) is 271 cm³/mol. The van der Waals surface area contributed by atoms with Gasteiger partial charge >= 0.3 is 0 Å². The van der Waals surface area contributed by atoms with E-state index in [1.807, 2.05) is 112 Å². The minimum atomic E-state index is -0.358. The van der Waals surface area contributed by atoms with Crippen molar-refractivity contribution in [1.82, 2.24) is 49.8 Å². The Labute approximate surface area is 420 Å². The van der Waals surface area contributed by atoms with Gasteiger partial charge in [-0.3, -0.25) is 0 Å². The quantitative estimate of drug-likeness (QED) is 0.0661. The summed E-state index contributed by atoms with van der Waals surface area (Å²) in [6.07, 6.45) is 17.1. The second kappa shape index (κ2) is 28.9. The summed E-state index contributed by atoms with van der Waals surface area (Å²) < 4.78 is 40.5. The van der Waals surface area contributed by atoms with Gasteiger partial charge in [0.25, 0.3) is 0 Å². The summed E-state index contributed by atoms with van der Waals surface area (Å²) in [6.45, 7) is 8.28. The van der Waals surface area contributed by atoms with Gasteiger partial charge in [-0.25, -0.2) is 29.3 Å². The van der Waals surface area contributed by atoms with Crippen LogP contribution >= 0.6 is 23.2 Å². The van der Waals surface area contributed by atoms with Gasteiger partial charge in [-0.1, -0.05) is 89.9 Å². The van der Waals surface area contributed by atoms with Crippen molar-refractivity contribution in [1.29, 1.82) is 0 Å². The lowest BCUT2D eigenvalue weighted by Gasteiger charge is -2.10. The maximum Gasteiger partial charge on any atom is 0.165 e. The predicted octanol–water partition coefficient (Wildman–Crippen LogP) is 12.3. The molecule has 0 unspecified atom stereocenters. The van der Waals surface area contributed by atoms with Crippen LogP contribution in [0.4, 0.5) is 4.39 Å². The monoisotopic (exact) mass is 998 g/mol. The SMILES string of the molecule is Cc1cccc(C)c1OCc1c[nH]cn1.Cc1ccccc1OCc1c[nH]cn1.Clc1cccc(OCc2c[nH]cn2)c1.Clc1ccccc1OCc1c[nH]cn1.Fc1ccccc1OCc1c[nH]cn1. The van der Waals surface area contributed by atoms with Crippen LogP contribution in [-0.4, -0.2) is 49.8 Å². The van der Waals surface area contributed by atoms with E-state index in [1.54, 1.807) is 80.6 Å². The fraction of sp³-hybridized carbons (Fsp3) is 0.151. The summed E-state index contributed by atoms with van der Waals surface area (Å²) >= 11 is 11.7. The van der Waals surface area contributed by atoms with E-state index in [-0.39, 0.29) is 18.2 Å². The van der Waals surface area contributed by atoms with E-state index in [0.717, 1.165) is 62.4 Å². The van der Waals surface area contributed by atoms with Gasteiger partial charge in [0, 0.05) is 36.0 Å². The number of nitrogens with one attached hydrogen (secondary N) is 5. The van der Waals surface area contributed by atoms with Crippen LogP contribution in [0.25, 0.3) is 0 Å². The Morgan fingerprint density at radius 2 is 0.803 bits per heavy atom. The number of aromatic amines is 5. The van der Waals surface area contributed by atoms with Crippen LogP contribution in [0.2, 0.25) is 10.0 Å². The van der Waals surface area contributed by atoms with Crippen LogP contribution in [0.3, 0.4) is 0 Å². The molecule has 5 aromatic heterocycles. The summed E-state index contributed by atoms with van der Waals surface area (Å²) in [5.41, 5.74) is 7.74. The molecule has 0 fully saturated rings. The lowest BCUT2D eigenvalue weighted by Crippen LogP contribution is -1.98. The number of aromatic nitrogens is 10. The number of rotatable bonds is 15. The molecule has 5 aromatic carbocycles. The molecule has 0 aliphatic heterocycles. The molecule has 5 heterocycles. The third kappa shape index (κ3) is 18.6. The normalized spacial score (nSPS) is 10.1. The highest BCUT2D eigenvalue weighted by molar-refractivity contribution is 6.32. The Hall–Kier alpha value is -8.34. The average Bonchev–Trinajstić information content (AvgIpc) is 4.25. The summed E-state index contributed by atoms with van der Waals surface area (Å²) in [5.74, 6) is 3.19. The zero-order valence-corrected chi connectivity index (χ0v) is 40.7. The molecule has 0 radical (unpaired) electrons. The standard InChI is InChI=1S/C12H14N2O.C11H12N2O.2C10H9ClN2O.C10H9FN2O/c1-9-4-3-5-10(2)12(9)15-7-11-6-13-8-14-11;1-9-4-2-3-5-11(9)14-7-10-6-12-8-13-10;11-8-2-1-3-10(4-8)14-6-9-5-12-7-13-9;2*11-9-3-1-2-4-10(9)14-6-8-5-12-7-13-8/h3-6,8H,7H2,1-2H3,(H,13,14);2-6,8H,7H2,1H3,(H,12,13);3*1-5,7H,6H2,(H,12,13). The van der Waals surface area contributed by atoms with Crippen molar-refractivity contribution < 1.29 is 28.1 Å². The van der Waals surface area contributed by atoms with Crippen molar-refractivity contribution in [3.05, 3.63) is 239 Å². The second-order valence-corrected chi connectivity index (χ2v) is 15.9. The average molecular weight is 1000 g/mol. The molecule has 0 spiro atoms. The van der Waals surface area contributed by atoms with E-state index >= 15 is 0 Å². The smallest absolute Gasteiger partial charge is 0.165 e. The lowest BCUT2D eigenvalue weighted by molar-refractivity contribution is 0.286. The van der Waals surface area contributed by atoms with E-state index in [2.05, 4.69) is 49.8 Å². The van der Waals surface area contributed by atoms with E-state index < -0.39 is 0 Å². The summed E-state index contributed by atoms with van der Waals surface area (Å²) in [4.78, 5) is 34.5. The van der Waals surface area contributed by atoms with Crippen molar-refractivity contribution in [2.45, 2.75) is 53.8 Å².